The van der Waals surface area contributed by atoms with Crippen LogP contribution in [-0.2, 0) is 16.1 Å². The molecule has 2 amide bonds. The molecule has 0 unspecified atom stereocenters. The first-order valence-electron chi connectivity index (χ1n) is 6.03. The number of nitrogens with zero attached hydrogens (tertiary/aromatic N) is 1. The van der Waals surface area contributed by atoms with Gasteiger partial charge in [0.25, 0.3) is 0 Å². The summed E-state index contributed by atoms with van der Waals surface area (Å²) in [7, 11) is 0. The van der Waals surface area contributed by atoms with Crippen molar-refractivity contribution in [1.82, 2.24) is 10.2 Å². The molecule has 1 aromatic heterocycles. The van der Waals surface area contributed by atoms with E-state index in [4.69, 9.17) is 4.42 Å². The van der Waals surface area contributed by atoms with Gasteiger partial charge in [-0.3, -0.25) is 9.59 Å². The van der Waals surface area contributed by atoms with E-state index in [0.717, 1.165) is 0 Å². The maximum atomic E-state index is 11.7. The van der Waals surface area contributed by atoms with Crippen molar-refractivity contribution in [2.24, 2.45) is 5.92 Å². The SMILES string of the molecule is CC(=O)N(CC(=O)NCC(C)C)Cc1ccco1. The quantitative estimate of drug-likeness (QED) is 0.832. The molecule has 18 heavy (non-hydrogen) atoms. The summed E-state index contributed by atoms with van der Waals surface area (Å²) in [5.74, 6) is 0.767. The van der Waals surface area contributed by atoms with Gasteiger partial charge in [-0.2, -0.15) is 0 Å². The first-order valence-corrected chi connectivity index (χ1v) is 6.03. The first-order chi connectivity index (χ1) is 8.49. The Bertz CT molecular complexity index is 385. The van der Waals surface area contributed by atoms with Crippen LogP contribution < -0.4 is 5.32 Å². The van der Waals surface area contributed by atoms with Crippen molar-refractivity contribution in [3.63, 3.8) is 0 Å². The van der Waals surface area contributed by atoms with E-state index in [2.05, 4.69) is 5.32 Å². The average molecular weight is 252 g/mol. The predicted molar refractivity (Wildman–Crippen MR) is 67.6 cm³/mol. The van der Waals surface area contributed by atoms with Gasteiger partial charge in [-0.25, -0.2) is 0 Å². The standard InChI is InChI=1S/C13H20N2O3/c1-10(2)7-14-13(17)9-15(11(3)16)8-12-5-4-6-18-12/h4-6,10H,7-9H2,1-3H3,(H,14,17). The van der Waals surface area contributed by atoms with Crippen LogP contribution >= 0.6 is 0 Å². The molecule has 0 aliphatic carbocycles. The van der Waals surface area contributed by atoms with Crippen molar-refractivity contribution in [3.05, 3.63) is 24.2 Å². The van der Waals surface area contributed by atoms with Crippen LogP contribution in [0.2, 0.25) is 0 Å². The van der Waals surface area contributed by atoms with E-state index < -0.39 is 0 Å². The second-order valence-electron chi connectivity index (χ2n) is 4.65. The van der Waals surface area contributed by atoms with Crippen LogP contribution in [0.4, 0.5) is 0 Å². The molecule has 0 radical (unpaired) electrons. The van der Waals surface area contributed by atoms with E-state index >= 15 is 0 Å². The number of rotatable bonds is 6. The Balaban J connectivity index is 2.48. The number of hydrogen-bond acceptors (Lipinski definition) is 3. The highest BCUT2D eigenvalue weighted by Crippen LogP contribution is 2.05. The van der Waals surface area contributed by atoms with Gasteiger partial charge < -0.3 is 14.6 Å². The predicted octanol–water partition coefficient (Wildman–Crippen LogP) is 1.40. The Morgan fingerprint density at radius 3 is 2.67 bits per heavy atom. The molecule has 5 heteroatoms. The summed E-state index contributed by atoms with van der Waals surface area (Å²) in [6.45, 7) is 6.47. The number of carbonyl (C=O) groups excluding carboxylic acids is 2. The van der Waals surface area contributed by atoms with Crippen LogP contribution in [0.25, 0.3) is 0 Å². The molecule has 0 spiro atoms. The normalized spacial score (nSPS) is 10.4. The lowest BCUT2D eigenvalue weighted by Gasteiger charge is -2.19. The minimum Gasteiger partial charge on any atom is -0.467 e. The summed E-state index contributed by atoms with van der Waals surface area (Å²) < 4.78 is 5.17. The van der Waals surface area contributed by atoms with Gasteiger partial charge in [-0.15, -0.1) is 0 Å². The van der Waals surface area contributed by atoms with E-state index in [0.29, 0.717) is 24.8 Å². The molecule has 1 aromatic rings. The van der Waals surface area contributed by atoms with Crippen LogP contribution in [0.1, 0.15) is 26.5 Å². The molecule has 0 atom stereocenters. The van der Waals surface area contributed by atoms with Crippen LogP contribution in [0.3, 0.4) is 0 Å². The molecule has 0 saturated heterocycles. The number of carbonyl (C=O) groups is 2. The van der Waals surface area contributed by atoms with Gasteiger partial charge in [-0.05, 0) is 18.1 Å². The van der Waals surface area contributed by atoms with Crippen molar-refractivity contribution in [3.8, 4) is 0 Å². The molecular weight excluding hydrogens is 232 g/mol. The van der Waals surface area contributed by atoms with E-state index in [-0.39, 0.29) is 18.4 Å². The lowest BCUT2D eigenvalue weighted by atomic mass is 10.2. The summed E-state index contributed by atoms with van der Waals surface area (Å²) in [4.78, 5) is 24.6. The maximum absolute atomic E-state index is 11.7. The van der Waals surface area contributed by atoms with Gasteiger partial charge in [0.15, 0.2) is 0 Å². The number of nitrogens with one attached hydrogen (secondary N) is 1. The third kappa shape index (κ3) is 5.03. The maximum Gasteiger partial charge on any atom is 0.239 e. The fraction of sp³-hybridized carbons (Fsp3) is 0.538. The summed E-state index contributed by atoms with van der Waals surface area (Å²) in [6, 6.07) is 3.54. The molecule has 100 valence electrons. The molecule has 0 saturated carbocycles. The van der Waals surface area contributed by atoms with Gasteiger partial charge in [0.05, 0.1) is 19.4 Å². The highest BCUT2D eigenvalue weighted by Gasteiger charge is 2.15. The van der Waals surface area contributed by atoms with E-state index in [1.165, 1.54) is 11.8 Å². The molecule has 0 fully saturated rings. The molecule has 5 nitrogen and oxygen atoms in total. The lowest BCUT2D eigenvalue weighted by molar-refractivity contribution is -0.135. The van der Waals surface area contributed by atoms with Crippen molar-refractivity contribution >= 4 is 11.8 Å². The fourth-order valence-electron chi connectivity index (χ4n) is 1.42. The molecule has 0 aromatic carbocycles. The van der Waals surface area contributed by atoms with Gasteiger partial charge in [0.1, 0.15) is 5.76 Å². The minimum absolute atomic E-state index is 0.0583. The number of furan rings is 1. The van der Waals surface area contributed by atoms with Crippen molar-refractivity contribution in [2.75, 3.05) is 13.1 Å². The van der Waals surface area contributed by atoms with Crippen LogP contribution in [0.5, 0.6) is 0 Å². The molecule has 1 rings (SSSR count). The Labute approximate surface area is 107 Å². The van der Waals surface area contributed by atoms with Crippen LogP contribution in [0.15, 0.2) is 22.8 Å². The largest absolute Gasteiger partial charge is 0.467 e. The third-order valence-corrected chi connectivity index (χ3v) is 2.41. The van der Waals surface area contributed by atoms with Gasteiger partial charge in [-0.1, -0.05) is 13.8 Å². The van der Waals surface area contributed by atoms with E-state index in [1.54, 1.807) is 18.4 Å². The zero-order valence-electron chi connectivity index (χ0n) is 11.1. The average Bonchev–Trinajstić information content (AvgIpc) is 2.78. The monoisotopic (exact) mass is 252 g/mol. The van der Waals surface area contributed by atoms with Crippen molar-refractivity contribution < 1.29 is 14.0 Å². The highest BCUT2D eigenvalue weighted by molar-refractivity contribution is 5.83. The summed E-state index contributed by atoms with van der Waals surface area (Å²) >= 11 is 0. The molecule has 0 aliphatic rings. The molecule has 0 aliphatic heterocycles. The first kappa shape index (κ1) is 14.3. The van der Waals surface area contributed by atoms with Crippen molar-refractivity contribution in [1.29, 1.82) is 0 Å². The zero-order chi connectivity index (χ0) is 13.5. The Kier molecular flexibility index (Phi) is 5.42. The van der Waals surface area contributed by atoms with Gasteiger partial charge >= 0.3 is 0 Å². The Hall–Kier alpha value is -1.78. The van der Waals surface area contributed by atoms with Crippen molar-refractivity contribution in [2.45, 2.75) is 27.3 Å². The van der Waals surface area contributed by atoms with Crippen LogP contribution in [-0.4, -0.2) is 29.8 Å². The fourth-order valence-corrected chi connectivity index (χ4v) is 1.42. The topological polar surface area (TPSA) is 62.6 Å². The van der Waals surface area contributed by atoms with Gasteiger partial charge in [0, 0.05) is 13.5 Å². The molecule has 1 N–H and O–H groups in total. The van der Waals surface area contributed by atoms with Crippen LogP contribution in [0, 0.1) is 5.92 Å². The van der Waals surface area contributed by atoms with Gasteiger partial charge in [0.2, 0.25) is 11.8 Å². The number of amides is 2. The number of hydrogen-bond donors (Lipinski definition) is 1. The van der Waals surface area contributed by atoms with E-state index in [9.17, 15) is 9.59 Å². The Morgan fingerprint density at radius 1 is 1.44 bits per heavy atom. The highest BCUT2D eigenvalue weighted by atomic mass is 16.3. The molecule has 1 heterocycles. The Morgan fingerprint density at radius 2 is 2.17 bits per heavy atom. The second kappa shape index (κ2) is 6.83. The molecular formula is C13H20N2O3. The summed E-state index contributed by atoms with van der Waals surface area (Å²) in [5, 5.41) is 2.78. The summed E-state index contributed by atoms with van der Waals surface area (Å²) in [5.41, 5.74) is 0. The minimum atomic E-state index is -0.148. The lowest BCUT2D eigenvalue weighted by Crippen LogP contribution is -2.40. The molecule has 0 bridgehead atoms. The smallest absolute Gasteiger partial charge is 0.239 e. The zero-order valence-corrected chi connectivity index (χ0v) is 11.1. The summed E-state index contributed by atoms with van der Waals surface area (Å²) in [6.07, 6.45) is 1.55. The van der Waals surface area contributed by atoms with E-state index in [1.807, 2.05) is 13.8 Å². The second-order valence-corrected chi connectivity index (χ2v) is 4.65. The third-order valence-electron chi connectivity index (χ3n) is 2.41.